The van der Waals surface area contributed by atoms with Crippen molar-refractivity contribution in [2.24, 2.45) is 0 Å². The highest BCUT2D eigenvalue weighted by Gasteiger charge is 2.33. The van der Waals surface area contributed by atoms with Crippen molar-refractivity contribution >= 4 is 106 Å². The lowest BCUT2D eigenvalue weighted by molar-refractivity contribution is -0.145. The quantitative estimate of drug-likeness (QED) is 0.0238. The summed E-state index contributed by atoms with van der Waals surface area (Å²) < 4.78 is 0.395. The Bertz CT molecular complexity index is 3040. The predicted octanol–water partition coefficient (Wildman–Crippen LogP) is 0.139. The molecule has 0 saturated carbocycles. The molecule has 34 nitrogen and oxygen atoms in total. The number of aliphatic carboxylic acids is 8. The van der Waals surface area contributed by atoms with E-state index in [1.54, 1.807) is 41.3 Å². The third kappa shape index (κ3) is 35.3. The Labute approximate surface area is 578 Å². The zero-order valence-electron chi connectivity index (χ0n) is 54.2. The van der Waals surface area contributed by atoms with E-state index in [-0.39, 0.29) is 141 Å². The molecule has 0 aliphatic carbocycles. The molecule has 0 aromatic heterocycles. The van der Waals surface area contributed by atoms with Gasteiger partial charge in [0, 0.05) is 104 Å². The van der Waals surface area contributed by atoms with E-state index in [1.807, 2.05) is 22.6 Å². The van der Waals surface area contributed by atoms with E-state index in [1.165, 1.54) is 32.9 Å². The minimum absolute atomic E-state index is 0.00864. The molecule has 2 aromatic carbocycles. The smallest absolute Gasteiger partial charge is 0.352 e. The Morgan fingerprint density at radius 1 is 0.459 bits per heavy atom. The van der Waals surface area contributed by atoms with Gasteiger partial charge in [0.2, 0.25) is 29.5 Å². The fourth-order valence-electron chi connectivity index (χ4n) is 10.3. The number of nitrogens with one attached hydrogen (secondary N) is 7. The van der Waals surface area contributed by atoms with Crippen molar-refractivity contribution < 1.29 is 113 Å². The van der Waals surface area contributed by atoms with Gasteiger partial charge in [-0.25, -0.2) is 19.2 Å². The van der Waals surface area contributed by atoms with Crippen LogP contribution in [0.1, 0.15) is 107 Å². The number of hydrogen-bond acceptors (Lipinski definition) is 19. The fraction of sp³-hybridized carbons (Fsp3) is 0.556. The molecule has 0 spiro atoms. The van der Waals surface area contributed by atoms with Crippen LogP contribution in [0.3, 0.4) is 0 Å². The van der Waals surface area contributed by atoms with Gasteiger partial charge in [0.05, 0.1) is 23.2 Å². The first-order chi connectivity index (χ1) is 46.5. The number of hydrogen-bond donors (Lipinski definition) is 16. The second kappa shape index (κ2) is 45.4. The average molecular weight is 1500 g/mol. The monoisotopic (exact) mass is 1500 g/mol. The summed E-state index contributed by atoms with van der Waals surface area (Å²) in [6.07, 6.45) is 2.69. The number of phenolic OH excluding ortho intramolecular Hbond substituents is 1. The first kappa shape index (κ1) is 83.2. The number of halogens is 1. The number of nitrogens with zero attached hydrogens (tertiary/aromatic N) is 4. The molecule has 1 fully saturated rings. The number of carbonyl (C=O) groups is 14. The molecular formula is C63H90IN11O23. The maximum Gasteiger partial charge on any atom is 0.352 e. The summed E-state index contributed by atoms with van der Waals surface area (Å²) in [6, 6.07) is 4.52. The predicted molar refractivity (Wildman–Crippen MR) is 355 cm³/mol. The van der Waals surface area contributed by atoms with Gasteiger partial charge in [-0.1, -0.05) is 55.3 Å². The largest absolute Gasteiger partial charge is 0.507 e. The molecule has 0 bridgehead atoms. The molecule has 1 heterocycles. The van der Waals surface area contributed by atoms with E-state index in [0.717, 1.165) is 0 Å². The molecule has 98 heavy (non-hydrogen) atoms. The lowest BCUT2D eigenvalue weighted by Crippen LogP contribution is -2.55. The van der Waals surface area contributed by atoms with Crippen LogP contribution in [0.25, 0.3) is 0 Å². The Hall–Kier alpha value is -9.07. The van der Waals surface area contributed by atoms with E-state index in [9.17, 15) is 108 Å². The van der Waals surface area contributed by atoms with Gasteiger partial charge in [-0.3, -0.25) is 67.5 Å². The van der Waals surface area contributed by atoms with E-state index in [2.05, 4.69) is 37.2 Å². The number of rotatable bonds is 44. The van der Waals surface area contributed by atoms with Gasteiger partial charge >= 0.3 is 53.8 Å². The first-order valence-corrected chi connectivity index (χ1v) is 33.0. The van der Waals surface area contributed by atoms with E-state index in [0.29, 0.717) is 46.8 Å². The molecule has 0 radical (unpaired) electrons. The van der Waals surface area contributed by atoms with Crippen molar-refractivity contribution in [2.45, 2.75) is 139 Å². The van der Waals surface area contributed by atoms with Gasteiger partial charge in [0.15, 0.2) is 0 Å². The van der Waals surface area contributed by atoms with Crippen molar-refractivity contribution in [3.63, 3.8) is 0 Å². The van der Waals surface area contributed by atoms with Crippen molar-refractivity contribution in [3.05, 3.63) is 75.0 Å². The molecule has 1 saturated heterocycles. The van der Waals surface area contributed by atoms with Crippen molar-refractivity contribution in [3.8, 4) is 5.75 Å². The average Bonchev–Trinajstić information content (AvgIpc) is 0.861. The second-order valence-electron chi connectivity index (χ2n) is 23.3. The van der Waals surface area contributed by atoms with E-state index >= 15 is 0 Å². The number of urea groups is 1. The zero-order valence-corrected chi connectivity index (χ0v) is 56.4. The molecule has 5 atom stereocenters. The standard InChI is InChI=1S/C63H90IN11O23/c64-42-34-41(18-21-49(42)76)36-46(67-52(79)22-20-48(62(96)97)75-32-30-73(38-55(84)85)28-26-72(37-54(82)83)27-29-74(31-33-75)39-56(86)87)57(88)69-47(35-40-12-4-3-5-13-40)58(89)68-43(59(90)91)14-8-10-24-65-50(77)16-6-1-2-7-17-51(78)66-25-11-9-15-44(60(92)93)70-63(98)71-45(61(94)95)19-23-53(80)81/h3-5,12-14,18,21,34,44-48,76H,1-2,6-11,15-17,19-20,22-33,35-39H2,(H,65,77)(H,66,78)(H,67,79)(H,68,89)(H,69,88)(H,80,81)(H,82,83)(H,84,85)(H,86,87)(H,90,91)(H,92,93)(H,94,95)(H,96,97)(H2,70,71,98)/b43-14+/t44-,45-,46+,47+,48?/m0/s1. The summed E-state index contributed by atoms with van der Waals surface area (Å²) in [4.78, 5) is 181. The van der Waals surface area contributed by atoms with Crippen LogP contribution < -0.4 is 37.2 Å². The zero-order chi connectivity index (χ0) is 72.7. The van der Waals surface area contributed by atoms with Crippen LogP contribution in [0.2, 0.25) is 0 Å². The van der Waals surface area contributed by atoms with Gasteiger partial charge in [-0.15, -0.1) is 0 Å². The first-order valence-electron chi connectivity index (χ1n) is 31.9. The van der Waals surface area contributed by atoms with E-state index in [4.69, 9.17) is 5.11 Å². The molecule has 3 rings (SSSR count). The molecule has 1 aliphatic rings. The Morgan fingerprint density at radius 3 is 1.45 bits per heavy atom. The van der Waals surface area contributed by atoms with Crippen molar-refractivity contribution in [2.75, 3.05) is 85.1 Å². The summed E-state index contributed by atoms with van der Waals surface area (Å²) in [5.41, 5.74) is 0.469. The number of carbonyl (C=O) groups excluding carboxylic acids is 6. The van der Waals surface area contributed by atoms with Crippen LogP contribution in [0, 0.1) is 3.57 Å². The molecule has 35 heteroatoms. The van der Waals surface area contributed by atoms with Gasteiger partial charge in [0.25, 0.3) is 0 Å². The number of aromatic hydroxyl groups is 1. The highest BCUT2D eigenvalue weighted by atomic mass is 127. The molecule has 1 unspecified atom stereocenters. The molecule has 1 aliphatic heterocycles. The van der Waals surface area contributed by atoms with Gasteiger partial charge < -0.3 is 83.2 Å². The van der Waals surface area contributed by atoms with Gasteiger partial charge in [0.1, 0.15) is 41.7 Å². The minimum atomic E-state index is -1.54. The van der Waals surface area contributed by atoms with Crippen LogP contribution in [0.4, 0.5) is 4.79 Å². The number of benzene rings is 2. The minimum Gasteiger partial charge on any atom is -0.507 e. The molecule has 16 N–H and O–H groups in total. The molecule has 7 amide bonds. The summed E-state index contributed by atoms with van der Waals surface area (Å²) >= 11 is 1.87. The Morgan fingerprint density at radius 2 is 0.959 bits per heavy atom. The maximum absolute atomic E-state index is 14.5. The maximum atomic E-state index is 14.5. The highest BCUT2D eigenvalue weighted by Crippen LogP contribution is 2.22. The van der Waals surface area contributed by atoms with Crippen LogP contribution in [0.5, 0.6) is 5.75 Å². The number of carboxylic acids is 8. The number of allylic oxidation sites excluding steroid dienone is 1. The van der Waals surface area contributed by atoms with Crippen LogP contribution in [-0.4, -0.2) is 264 Å². The second-order valence-corrected chi connectivity index (χ2v) is 24.5. The number of carboxylic acid groups (broad SMARTS) is 8. The van der Waals surface area contributed by atoms with Crippen LogP contribution >= 0.6 is 22.6 Å². The topological polar surface area (TPSA) is 518 Å². The SMILES string of the molecule is O=C(O)CC[C@H](NC(=O)N[C@@H](CCCCNC(=O)CCCCCCC(=O)NCCC/C=C(/NC(=O)[C@@H](Cc1ccccc1)NC(=O)[C@@H](Cc1ccc(O)c(I)c1)NC(=O)CCC(C(=O)O)N1CCN(CC(=O)O)CCN(CC(=O)O)CCN(CC(=O)O)CC1)C(=O)O)C(=O)O)C(=O)O. The Balaban J connectivity index is 1.60. The normalized spacial score (nSPS) is 15.2. The summed E-state index contributed by atoms with van der Waals surface area (Å²) in [5.74, 6) is -13.8. The molecule has 542 valence electrons. The lowest BCUT2D eigenvalue weighted by Gasteiger charge is -2.35. The van der Waals surface area contributed by atoms with E-state index < -0.39 is 146 Å². The van der Waals surface area contributed by atoms with Crippen LogP contribution in [0.15, 0.2) is 60.3 Å². The third-order valence-corrected chi connectivity index (χ3v) is 16.4. The fourth-order valence-corrected chi connectivity index (χ4v) is 10.9. The number of unbranched alkanes of at least 4 members (excludes halogenated alkanes) is 5. The van der Waals surface area contributed by atoms with Gasteiger partial charge in [-0.2, -0.15) is 0 Å². The lowest BCUT2D eigenvalue weighted by atomic mass is 10.0. The summed E-state index contributed by atoms with van der Waals surface area (Å²) in [7, 11) is 0. The summed E-state index contributed by atoms with van der Waals surface area (Å²) in [6.45, 7) is -0.757. The summed E-state index contributed by atoms with van der Waals surface area (Å²) in [5, 5.41) is 105. The third-order valence-electron chi connectivity index (χ3n) is 15.5. The number of amides is 7. The highest BCUT2D eigenvalue weighted by molar-refractivity contribution is 14.1. The van der Waals surface area contributed by atoms with Gasteiger partial charge in [-0.05, 0) is 104 Å². The molecule has 2 aromatic rings. The van der Waals surface area contributed by atoms with Crippen molar-refractivity contribution in [1.29, 1.82) is 0 Å². The number of phenols is 1. The van der Waals surface area contributed by atoms with Crippen LogP contribution in [-0.2, 0) is 75.2 Å². The molecular weight excluding hydrogens is 1410 g/mol. The van der Waals surface area contributed by atoms with Crippen molar-refractivity contribution in [1.82, 2.24) is 56.8 Å². The Kier molecular flexibility index (Phi) is 38.6.